The van der Waals surface area contributed by atoms with Crippen LogP contribution < -0.4 is 10.6 Å². The molecule has 0 spiro atoms. The van der Waals surface area contributed by atoms with Gasteiger partial charge in [-0.25, -0.2) is 0 Å². The highest BCUT2D eigenvalue weighted by atomic mass is 16.3. The molecule has 2 N–H and O–H groups in total. The van der Waals surface area contributed by atoms with E-state index in [0.29, 0.717) is 6.04 Å². The molecule has 0 saturated carbocycles. The third-order valence-corrected chi connectivity index (χ3v) is 3.64. The zero-order valence-corrected chi connectivity index (χ0v) is 11.0. The van der Waals surface area contributed by atoms with E-state index in [-0.39, 0.29) is 5.54 Å². The smallest absolute Gasteiger partial charge is 0.105 e. The van der Waals surface area contributed by atoms with Crippen molar-refractivity contribution < 1.29 is 4.42 Å². The van der Waals surface area contributed by atoms with E-state index in [1.807, 2.05) is 12.1 Å². The fourth-order valence-corrected chi connectivity index (χ4v) is 2.47. The van der Waals surface area contributed by atoms with Crippen LogP contribution in [0.3, 0.4) is 0 Å². The summed E-state index contributed by atoms with van der Waals surface area (Å²) in [7, 11) is 0. The van der Waals surface area contributed by atoms with Crippen LogP contribution in [-0.2, 0) is 6.42 Å². The number of nitrogens with one attached hydrogen (secondary N) is 2. The maximum absolute atomic E-state index is 5.37. The molecule has 96 valence electrons. The Labute approximate surface area is 104 Å². The first-order valence-electron chi connectivity index (χ1n) is 6.69. The number of hydrogen-bond acceptors (Lipinski definition) is 3. The molecule has 0 aliphatic carbocycles. The summed E-state index contributed by atoms with van der Waals surface area (Å²) in [6.07, 6.45) is 6.64. The largest absolute Gasteiger partial charge is 0.469 e. The van der Waals surface area contributed by atoms with Crippen molar-refractivity contribution in [2.24, 2.45) is 0 Å². The van der Waals surface area contributed by atoms with Crippen molar-refractivity contribution in [3.63, 3.8) is 0 Å². The number of piperidine rings is 1. The van der Waals surface area contributed by atoms with Gasteiger partial charge in [0.2, 0.25) is 0 Å². The maximum Gasteiger partial charge on any atom is 0.105 e. The maximum atomic E-state index is 5.37. The Kier molecular flexibility index (Phi) is 4.24. The van der Waals surface area contributed by atoms with Gasteiger partial charge in [0.25, 0.3) is 0 Å². The minimum Gasteiger partial charge on any atom is -0.469 e. The van der Waals surface area contributed by atoms with Crippen molar-refractivity contribution in [2.45, 2.75) is 51.1 Å². The molecule has 3 heteroatoms. The van der Waals surface area contributed by atoms with Crippen molar-refractivity contribution >= 4 is 0 Å². The van der Waals surface area contributed by atoms with Crippen LogP contribution in [0.1, 0.15) is 38.9 Å². The van der Waals surface area contributed by atoms with Crippen LogP contribution in [0.4, 0.5) is 0 Å². The van der Waals surface area contributed by atoms with Gasteiger partial charge in [0.05, 0.1) is 6.26 Å². The number of rotatable bonds is 5. The van der Waals surface area contributed by atoms with Crippen molar-refractivity contribution in [1.82, 2.24) is 10.6 Å². The molecule has 1 fully saturated rings. The lowest BCUT2D eigenvalue weighted by molar-refractivity contribution is 0.257. The molecule has 0 radical (unpaired) electrons. The fraction of sp³-hybridized carbons (Fsp3) is 0.714. The number of hydrogen-bond donors (Lipinski definition) is 2. The second-order valence-corrected chi connectivity index (χ2v) is 5.51. The molecule has 2 rings (SSSR count). The van der Waals surface area contributed by atoms with Crippen molar-refractivity contribution in [3.05, 3.63) is 24.2 Å². The van der Waals surface area contributed by atoms with E-state index in [0.717, 1.165) is 25.3 Å². The first kappa shape index (κ1) is 12.7. The summed E-state index contributed by atoms with van der Waals surface area (Å²) in [5.41, 5.74) is 0.273. The monoisotopic (exact) mass is 236 g/mol. The molecule has 17 heavy (non-hydrogen) atoms. The van der Waals surface area contributed by atoms with Crippen molar-refractivity contribution in [3.8, 4) is 0 Å². The highest BCUT2D eigenvalue weighted by Gasteiger charge is 2.26. The lowest BCUT2D eigenvalue weighted by atomic mass is 9.90. The topological polar surface area (TPSA) is 37.2 Å². The summed E-state index contributed by atoms with van der Waals surface area (Å²) in [6, 6.07) is 4.45. The standard InChI is InChI=1S/C14H24N2O/c1-12(10-13-6-5-9-17-13)15-11-14(2)7-3-4-8-16-14/h5-6,9,12,15-16H,3-4,7-8,10-11H2,1-2H3. The molecule has 1 aliphatic rings. The number of furan rings is 1. The normalized spacial score (nSPS) is 26.9. The third-order valence-electron chi connectivity index (χ3n) is 3.64. The van der Waals surface area contributed by atoms with Gasteiger partial charge in [0, 0.05) is 24.5 Å². The summed E-state index contributed by atoms with van der Waals surface area (Å²) in [5, 5.41) is 7.23. The Morgan fingerprint density at radius 1 is 1.53 bits per heavy atom. The molecule has 0 amide bonds. The van der Waals surface area contributed by atoms with Crippen LogP contribution in [-0.4, -0.2) is 24.7 Å². The van der Waals surface area contributed by atoms with Gasteiger partial charge in [-0.2, -0.15) is 0 Å². The molecule has 1 aliphatic heterocycles. The molecule has 1 saturated heterocycles. The Morgan fingerprint density at radius 2 is 2.41 bits per heavy atom. The van der Waals surface area contributed by atoms with E-state index in [4.69, 9.17) is 4.42 Å². The average Bonchev–Trinajstić information content (AvgIpc) is 2.80. The predicted molar refractivity (Wildman–Crippen MR) is 70.1 cm³/mol. The molecular formula is C14H24N2O. The van der Waals surface area contributed by atoms with Crippen LogP contribution in [0.2, 0.25) is 0 Å². The first-order chi connectivity index (χ1) is 8.18. The second kappa shape index (κ2) is 5.69. The zero-order valence-electron chi connectivity index (χ0n) is 11.0. The van der Waals surface area contributed by atoms with E-state index in [2.05, 4.69) is 24.5 Å². The van der Waals surface area contributed by atoms with E-state index in [9.17, 15) is 0 Å². The Balaban J connectivity index is 1.73. The lowest BCUT2D eigenvalue weighted by Crippen LogP contribution is -2.54. The van der Waals surface area contributed by atoms with Gasteiger partial charge in [0.1, 0.15) is 5.76 Å². The highest BCUT2D eigenvalue weighted by molar-refractivity contribution is 5.00. The molecule has 1 aromatic rings. The van der Waals surface area contributed by atoms with Crippen LogP contribution in [0, 0.1) is 0 Å². The molecular weight excluding hydrogens is 212 g/mol. The molecule has 0 aromatic carbocycles. The Bertz CT molecular complexity index is 315. The third kappa shape index (κ3) is 3.86. The van der Waals surface area contributed by atoms with Crippen LogP contribution in [0.15, 0.2) is 22.8 Å². The van der Waals surface area contributed by atoms with Gasteiger partial charge in [0.15, 0.2) is 0 Å². The van der Waals surface area contributed by atoms with Crippen LogP contribution in [0.5, 0.6) is 0 Å². The van der Waals surface area contributed by atoms with Gasteiger partial charge in [-0.1, -0.05) is 6.42 Å². The second-order valence-electron chi connectivity index (χ2n) is 5.51. The van der Waals surface area contributed by atoms with Crippen molar-refractivity contribution in [1.29, 1.82) is 0 Å². The molecule has 1 aromatic heterocycles. The fourth-order valence-electron chi connectivity index (χ4n) is 2.47. The van der Waals surface area contributed by atoms with Gasteiger partial charge in [-0.3, -0.25) is 0 Å². The van der Waals surface area contributed by atoms with Crippen LogP contribution >= 0.6 is 0 Å². The summed E-state index contributed by atoms with van der Waals surface area (Å²) < 4.78 is 5.37. The minimum absolute atomic E-state index is 0.273. The summed E-state index contributed by atoms with van der Waals surface area (Å²) in [6.45, 7) is 6.73. The van der Waals surface area contributed by atoms with Crippen molar-refractivity contribution in [2.75, 3.05) is 13.1 Å². The average molecular weight is 236 g/mol. The Morgan fingerprint density at radius 3 is 3.06 bits per heavy atom. The summed E-state index contributed by atoms with van der Waals surface area (Å²) >= 11 is 0. The van der Waals surface area contributed by atoms with Gasteiger partial charge in [-0.15, -0.1) is 0 Å². The highest BCUT2D eigenvalue weighted by Crippen LogP contribution is 2.18. The summed E-state index contributed by atoms with van der Waals surface area (Å²) in [5.74, 6) is 1.06. The summed E-state index contributed by atoms with van der Waals surface area (Å²) in [4.78, 5) is 0. The first-order valence-corrected chi connectivity index (χ1v) is 6.69. The van der Waals surface area contributed by atoms with E-state index in [1.54, 1.807) is 6.26 Å². The Hall–Kier alpha value is -0.800. The predicted octanol–water partition coefficient (Wildman–Crippen LogP) is 2.33. The molecule has 2 unspecified atom stereocenters. The SMILES string of the molecule is CC(Cc1ccco1)NCC1(C)CCCCN1. The van der Waals surface area contributed by atoms with E-state index >= 15 is 0 Å². The van der Waals surface area contributed by atoms with Gasteiger partial charge >= 0.3 is 0 Å². The van der Waals surface area contributed by atoms with Gasteiger partial charge in [-0.05, 0) is 45.4 Å². The van der Waals surface area contributed by atoms with E-state index < -0.39 is 0 Å². The zero-order chi connectivity index (χ0) is 12.1. The lowest BCUT2D eigenvalue weighted by Gasteiger charge is -2.36. The molecule has 2 heterocycles. The molecule has 2 atom stereocenters. The van der Waals surface area contributed by atoms with E-state index in [1.165, 1.54) is 19.3 Å². The van der Waals surface area contributed by atoms with Crippen LogP contribution in [0.25, 0.3) is 0 Å². The molecule has 3 nitrogen and oxygen atoms in total. The molecule has 0 bridgehead atoms. The van der Waals surface area contributed by atoms with Gasteiger partial charge < -0.3 is 15.1 Å². The minimum atomic E-state index is 0.273. The quantitative estimate of drug-likeness (QED) is 0.824.